The Kier molecular flexibility index (Phi) is 8.04. The van der Waals surface area contributed by atoms with E-state index >= 15 is 0 Å². The molecular formula is C16H31NO4. The number of amides is 1. The summed E-state index contributed by atoms with van der Waals surface area (Å²) < 4.78 is 16.4. The van der Waals surface area contributed by atoms with Gasteiger partial charge in [0.05, 0.1) is 6.61 Å². The van der Waals surface area contributed by atoms with Crippen LogP contribution in [0.2, 0.25) is 0 Å². The van der Waals surface area contributed by atoms with E-state index in [1.54, 1.807) is 11.9 Å². The summed E-state index contributed by atoms with van der Waals surface area (Å²) in [5.41, 5.74) is -0.203. The van der Waals surface area contributed by atoms with Gasteiger partial charge in [0.2, 0.25) is 0 Å². The maximum absolute atomic E-state index is 11.7. The SMILES string of the molecule is CN(C(=O)OCCCCCOC1CCCCO1)C(C)(C)C. The molecule has 1 unspecified atom stereocenters. The zero-order chi connectivity index (χ0) is 15.7. The van der Waals surface area contributed by atoms with E-state index in [1.165, 1.54) is 6.42 Å². The average Bonchev–Trinajstić information content (AvgIpc) is 2.45. The fourth-order valence-corrected chi connectivity index (χ4v) is 1.97. The quantitative estimate of drug-likeness (QED) is 0.675. The number of unbranched alkanes of at least 4 members (excludes halogenated alkanes) is 2. The molecule has 0 aromatic heterocycles. The van der Waals surface area contributed by atoms with Crippen LogP contribution in [0, 0.1) is 0 Å². The lowest BCUT2D eigenvalue weighted by Crippen LogP contribution is -2.42. The molecule has 5 heteroatoms. The topological polar surface area (TPSA) is 48.0 Å². The Bertz CT molecular complexity index is 295. The highest BCUT2D eigenvalue weighted by atomic mass is 16.7. The van der Waals surface area contributed by atoms with Crippen molar-refractivity contribution < 1.29 is 19.0 Å². The number of carbonyl (C=O) groups excluding carboxylic acids is 1. The smallest absolute Gasteiger partial charge is 0.409 e. The summed E-state index contributed by atoms with van der Waals surface area (Å²) in [4.78, 5) is 13.4. The number of nitrogens with zero attached hydrogens (tertiary/aromatic N) is 1. The van der Waals surface area contributed by atoms with E-state index in [1.807, 2.05) is 20.8 Å². The molecule has 1 amide bonds. The van der Waals surface area contributed by atoms with Crippen LogP contribution in [0.4, 0.5) is 4.79 Å². The third-order valence-corrected chi connectivity index (χ3v) is 3.74. The maximum Gasteiger partial charge on any atom is 0.409 e. The number of carbonyl (C=O) groups is 1. The van der Waals surface area contributed by atoms with Crippen molar-refractivity contribution >= 4 is 6.09 Å². The largest absolute Gasteiger partial charge is 0.449 e. The van der Waals surface area contributed by atoms with Crippen LogP contribution in [0.15, 0.2) is 0 Å². The van der Waals surface area contributed by atoms with Crippen LogP contribution in [0.3, 0.4) is 0 Å². The molecule has 0 bridgehead atoms. The molecule has 124 valence electrons. The van der Waals surface area contributed by atoms with Crippen molar-refractivity contribution in [2.24, 2.45) is 0 Å². The second-order valence-electron chi connectivity index (χ2n) is 6.57. The average molecular weight is 301 g/mol. The molecule has 5 nitrogen and oxygen atoms in total. The third kappa shape index (κ3) is 7.67. The summed E-state index contributed by atoms with van der Waals surface area (Å²) in [6, 6.07) is 0. The minimum atomic E-state index is -0.255. The Morgan fingerprint density at radius 2 is 1.90 bits per heavy atom. The van der Waals surface area contributed by atoms with Crippen LogP contribution in [0.5, 0.6) is 0 Å². The van der Waals surface area contributed by atoms with Crippen molar-refractivity contribution in [1.82, 2.24) is 4.90 Å². The number of rotatable bonds is 7. The Morgan fingerprint density at radius 1 is 1.19 bits per heavy atom. The van der Waals surface area contributed by atoms with E-state index in [0.29, 0.717) is 6.61 Å². The second-order valence-corrected chi connectivity index (χ2v) is 6.57. The molecule has 1 aliphatic rings. The summed E-state index contributed by atoms with van der Waals surface area (Å²) >= 11 is 0. The van der Waals surface area contributed by atoms with E-state index < -0.39 is 0 Å². The Morgan fingerprint density at radius 3 is 2.52 bits per heavy atom. The first-order chi connectivity index (χ1) is 9.91. The van der Waals surface area contributed by atoms with Crippen LogP contribution >= 0.6 is 0 Å². The Hall–Kier alpha value is -0.810. The molecule has 0 aromatic rings. The fourth-order valence-electron chi connectivity index (χ4n) is 1.97. The van der Waals surface area contributed by atoms with Crippen molar-refractivity contribution in [2.75, 3.05) is 26.9 Å². The molecule has 1 rings (SSSR count). The van der Waals surface area contributed by atoms with E-state index in [2.05, 4.69) is 0 Å². The summed E-state index contributed by atoms with van der Waals surface area (Å²) in [7, 11) is 1.76. The lowest BCUT2D eigenvalue weighted by atomic mass is 10.1. The van der Waals surface area contributed by atoms with Crippen molar-refractivity contribution in [2.45, 2.75) is 71.1 Å². The van der Waals surface area contributed by atoms with Gasteiger partial charge in [-0.2, -0.15) is 0 Å². The van der Waals surface area contributed by atoms with Gasteiger partial charge in [0.15, 0.2) is 6.29 Å². The number of hydrogen-bond acceptors (Lipinski definition) is 4. The summed E-state index contributed by atoms with van der Waals surface area (Å²) in [6.07, 6.45) is 5.95. The zero-order valence-electron chi connectivity index (χ0n) is 14.0. The highest BCUT2D eigenvalue weighted by Crippen LogP contribution is 2.14. The van der Waals surface area contributed by atoms with Crippen molar-refractivity contribution in [3.8, 4) is 0 Å². The van der Waals surface area contributed by atoms with E-state index in [4.69, 9.17) is 14.2 Å². The van der Waals surface area contributed by atoms with E-state index in [0.717, 1.165) is 45.3 Å². The van der Waals surface area contributed by atoms with E-state index in [-0.39, 0.29) is 17.9 Å². The summed E-state index contributed by atoms with van der Waals surface area (Å²) in [6.45, 7) is 7.97. The Labute approximate surface area is 128 Å². The number of ether oxygens (including phenoxy) is 3. The fraction of sp³-hybridized carbons (Fsp3) is 0.938. The molecule has 1 aliphatic heterocycles. The minimum Gasteiger partial charge on any atom is -0.449 e. The van der Waals surface area contributed by atoms with Gasteiger partial charge in [0.1, 0.15) is 0 Å². The van der Waals surface area contributed by atoms with Gasteiger partial charge in [-0.05, 0) is 59.3 Å². The first-order valence-corrected chi connectivity index (χ1v) is 8.05. The molecule has 1 saturated heterocycles. The van der Waals surface area contributed by atoms with Gasteiger partial charge >= 0.3 is 6.09 Å². The summed E-state index contributed by atoms with van der Waals surface area (Å²) in [5, 5.41) is 0. The molecule has 0 aliphatic carbocycles. The molecular weight excluding hydrogens is 270 g/mol. The molecule has 0 N–H and O–H groups in total. The van der Waals surface area contributed by atoms with Crippen molar-refractivity contribution in [1.29, 1.82) is 0 Å². The molecule has 0 saturated carbocycles. The Balaban J connectivity index is 1.95. The van der Waals surface area contributed by atoms with E-state index in [9.17, 15) is 4.79 Å². The normalized spacial score (nSPS) is 19.3. The van der Waals surface area contributed by atoms with Crippen molar-refractivity contribution in [3.63, 3.8) is 0 Å². The van der Waals surface area contributed by atoms with Gasteiger partial charge < -0.3 is 19.1 Å². The third-order valence-electron chi connectivity index (χ3n) is 3.74. The monoisotopic (exact) mass is 301 g/mol. The molecule has 21 heavy (non-hydrogen) atoms. The lowest BCUT2D eigenvalue weighted by Gasteiger charge is -2.30. The van der Waals surface area contributed by atoms with Gasteiger partial charge in [-0.3, -0.25) is 0 Å². The first kappa shape index (κ1) is 18.2. The van der Waals surface area contributed by atoms with Crippen LogP contribution in [0.25, 0.3) is 0 Å². The molecule has 1 heterocycles. The zero-order valence-corrected chi connectivity index (χ0v) is 14.0. The molecule has 1 fully saturated rings. The molecule has 0 spiro atoms. The molecule has 0 aromatic carbocycles. The van der Waals surface area contributed by atoms with Gasteiger partial charge in [-0.1, -0.05) is 0 Å². The van der Waals surface area contributed by atoms with Gasteiger partial charge in [-0.25, -0.2) is 4.79 Å². The van der Waals surface area contributed by atoms with Crippen LogP contribution in [-0.4, -0.2) is 49.7 Å². The highest BCUT2D eigenvalue weighted by molar-refractivity contribution is 5.68. The van der Waals surface area contributed by atoms with Gasteiger partial charge in [0, 0.05) is 25.8 Å². The van der Waals surface area contributed by atoms with Gasteiger partial charge in [0.25, 0.3) is 0 Å². The molecule has 1 atom stereocenters. The predicted octanol–water partition coefficient (Wildman–Crippen LogP) is 3.57. The lowest BCUT2D eigenvalue weighted by molar-refractivity contribution is -0.162. The minimum absolute atomic E-state index is 0.00277. The van der Waals surface area contributed by atoms with Crippen LogP contribution in [-0.2, 0) is 14.2 Å². The second kappa shape index (κ2) is 9.26. The molecule has 0 radical (unpaired) electrons. The van der Waals surface area contributed by atoms with Crippen LogP contribution < -0.4 is 0 Å². The summed E-state index contributed by atoms with van der Waals surface area (Å²) in [5.74, 6) is 0. The van der Waals surface area contributed by atoms with Gasteiger partial charge in [-0.15, -0.1) is 0 Å². The highest BCUT2D eigenvalue weighted by Gasteiger charge is 2.23. The number of hydrogen-bond donors (Lipinski definition) is 0. The van der Waals surface area contributed by atoms with Crippen LogP contribution in [0.1, 0.15) is 59.3 Å². The van der Waals surface area contributed by atoms with Crippen molar-refractivity contribution in [3.05, 3.63) is 0 Å². The maximum atomic E-state index is 11.7. The standard InChI is InChI=1S/C16H31NO4/c1-16(2,3)17(4)15(18)21-13-8-5-7-11-19-14-10-6-9-12-20-14/h14H,5-13H2,1-4H3. The first-order valence-electron chi connectivity index (χ1n) is 8.05. The predicted molar refractivity (Wildman–Crippen MR) is 82.3 cm³/mol.